The molecule has 0 spiro atoms. The second-order valence-electron chi connectivity index (χ2n) is 5.13. The number of carbonyl (C=O) groups excluding carboxylic acids is 1. The highest BCUT2D eigenvalue weighted by molar-refractivity contribution is 7.89. The number of carbonyl (C=O) groups is 1. The smallest absolute Gasteiger partial charge is 0.242 e. The second kappa shape index (κ2) is 7.12. The second-order valence-corrected chi connectivity index (χ2v) is 7.69. The molecule has 0 bridgehead atoms. The lowest BCUT2D eigenvalue weighted by molar-refractivity contribution is -0.115. The highest BCUT2D eigenvalue weighted by Gasteiger charge is 2.16. The van der Waals surface area contributed by atoms with E-state index in [1.165, 1.54) is 26.2 Å². The molecule has 1 N–H and O–H groups in total. The fourth-order valence-electron chi connectivity index (χ4n) is 1.94. The van der Waals surface area contributed by atoms with Crippen LogP contribution in [-0.2, 0) is 21.2 Å². The van der Waals surface area contributed by atoms with Gasteiger partial charge in [-0.25, -0.2) is 12.7 Å². The fraction of sp³-hybridized carbons (Fsp3) is 0.188. The van der Waals surface area contributed by atoms with E-state index in [0.29, 0.717) is 10.7 Å². The molecule has 1 amide bonds. The minimum Gasteiger partial charge on any atom is -0.326 e. The molecule has 0 atom stereocenters. The lowest BCUT2D eigenvalue weighted by atomic mass is 10.1. The van der Waals surface area contributed by atoms with Crippen LogP contribution in [-0.4, -0.2) is 32.7 Å². The zero-order valence-corrected chi connectivity index (χ0v) is 14.4. The molecule has 0 radical (unpaired) electrons. The van der Waals surface area contributed by atoms with E-state index in [4.69, 9.17) is 11.6 Å². The molecule has 2 aromatic carbocycles. The predicted molar refractivity (Wildman–Crippen MR) is 91.1 cm³/mol. The van der Waals surface area contributed by atoms with Crippen molar-refractivity contribution in [1.82, 2.24) is 4.31 Å². The van der Waals surface area contributed by atoms with Crippen LogP contribution in [0.15, 0.2) is 53.4 Å². The molecule has 2 aromatic rings. The molecule has 122 valence electrons. The van der Waals surface area contributed by atoms with Gasteiger partial charge in [0.2, 0.25) is 15.9 Å². The molecule has 0 saturated carbocycles. The van der Waals surface area contributed by atoms with Gasteiger partial charge in [0.1, 0.15) is 0 Å². The number of rotatable bonds is 5. The molecule has 0 aromatic heterocycles. The van der Waals surface area contributed by atoms with Gasteiger partial charge in [-0.3, -0.25) is 4.79 Å². The van der Waals surface area contributed by atoms with E-state index in [-0.39, 0.29) is 17.2 Å². The van der Waals surface area contributed by atoms with Gasteiger partial charge in [0.15, 0.2) is 0 Å². The Labute approximate surface area is 140 Å². The summed E-state index contributed by atoms with van der Waals surface area (Å²) in [6.07, 6.45) is 0.150. The van der Waals surface area contributed by atoms with Crippen molar-refractivity contribution in [2.24, 2.45) is 0 Å². The maximum absolute atomic E-state index is 12.0. The number of hydrogen-bond donors (Lipinski definition) is 1. The molecule has 23 heavy (non-hydrogen) atoms. The van der Waals surface area contributed by atoms with Crippen LogP contribution in [0.3, 0.4) is 0 Å². The van der Waals surface area contributed by atoms with Crippen molar-refractivity contribution in [2.75, 3.05) is 19.4 Å². The van der Waals surface area contributed by atoms with Gasteiger partial charge in [-0.15, -0.1) is 0 Å². The molecule has 7 heteroatoms. The Morgan fingerprint density at radius 3 is 2.26 bits per heavy atom. The third kappa shape index (κ3) is 4.31. The zero-order chi connectivity index (χ0) is 17.0. The topological polar surface area (TPSA) is 66.5 Å². The normalized spacial score (nSPS) is 11.5. The lowest BCUT2D eigenvalue weighted by Gasteiger charge is -2.12. The van der Waals surface area contributed by atoms with E-state index in [1.807, 2.05) is 6.07 Å². The van der Waals surface area contributed by atoms with E-state index in [0.717, 1.165) is 9.87 Å². The van der Waals surface area contributed by atoms with Gasteiger partial charge >= 0.3 is 0 Å². The van der Waals surface area contributed by atoms with Crippen LogP contribution in [0.25, 0.3) is 0 Å². The molecule has 0 saturated heterocycles. The first-order valence-corrected chi connectivity index (χ1v) is 8.68. The fourth-order valence-corrected chi connectivity index (χ4v) is 3.05. The number of sulfonamides is 1. The first-order chi connectivity index (χ1) is 10.8. The molecule has 0 fully saturated rings. The summed E-state index contributed by atoms with van der Waals surface area (Å²) < 4.78 is 25.1. The summed E-state index contributed by atoms with van der Waals surface area (Å²) in [5.74, 6) is -0.221. The first-order valence-electron chi connectivity index (χ1n) is 6.86. The van der Waals surface area contributed by atoms with Crippen LogP contribution >= 0.6 is 11.6 Å². The van der Waals surface area contributed by atoms with Gasteiger partial charge in [-0.1, -0.05) is 29.8 Å². The van der Waals surface area contributed by atoms with Gasteiger partial charge in [-0.05, 0) is 35.9 Å². The number of anilines is 1. The van der Waals surface area contributed by atoms with E-state index in [2.05, 4.69) is 5.32 Å². The van der Waals surface area contributed by atoms with Gasteiger partial charge in [0.25, 0.3) is 0 Å². The summed E-state index contributed by atoms with van der Waals surface area (Å²) >= 11 is 6.02. The van der Waals surface area contributed by atoms with Crippen LogP contribution in [0.4, 0.5) is 5.69 Å². The maximum Gasteiger partial charge on any atom is 0.242 e. The van der Waals surface area contributed by atoms with Crippen molar-refractivity contribution in [3.05, 3.63) is 59.1 Å². The molecule has 2 rings (SSSR count). The Kier molecular flexibility index (Phi) is 5.41. The van der Waals surface area contributed by atoms with Crippen LogP contribution in [0, 0.1) is 0 Å². The third-order valence-electron chi connectivity index (χ3n) is 3.23. The number of amides is 1. The van der Waals surface area contributed by atoms with Gasteiger partial charge in [0.05, 0.1) is 11.3 Å². The van der Waals surface area contributed by atoms with Gasteiger partial charge in [0, 0.05) is 24.8 Å². The summed E-state index contributed by atoms with van der Waals surface area (Å²) in [6.45, 7) is 0. The monoisotopic (exact) mass is 352 g/mol. The standard InChI is InChI=1S/C16H17ClN2O3S/c1-19(2)23(21,22)14-9-7-13(8-10-14)18-16(20)11-12-5-3-4-6-15(12)17/h3-10H,11H2,1-2H3,(H,18,20). The molecule has 0 heterocycles. The SMILES string of the molecule is CN(C)S(=O)(=O)c1ccc(NC(=O)Cc2ccccc2Cl)cc1. The molecule has 5 nitrogen and oxygen atoms in total. The van der Waals surface area contributed by atoms with Crippen molar-refractivity contribution < 1.29 is 13.2 Å². The van der Waals surface area contributed by atoms with Crippen molar-refractivity contribution in [3.63, 3.8) is 0 Å². The Hall–Kier alpha value is -1.89. The van der Waals surface area contributed by atoms with Crippen molar-refractivity contribution in [1.29, 1.82) is 0 Å². The minimum atomic E-state index is -3.47. The Morgan fingerprint density at radius 2 is 1.70 bits per heavy atom. The average Bonchev–Trinajstić information content (AvgIpc) is 2.50. The highest BCUT2D eigenvalue weighted by atomic mass is 35.5. The summed E-state index contributed by atoms with van der Waals surface area (Å²) in [6, 6.07) is 13.2. The molecule has 0 aliphatic carbocycles. The molecular weight excluding hydrogens is 336 g/mol. The summed E-state index contributed by atoms with van der Waals surface area (Å²) in [7, 11) is -0.539. The van der Waals surface area contributed by atoms with E-state index in [1.54, 1.807) is 30.3 Å². The zero-order valence-electron chi connectivity index (χ0n) is 12.8. The van der Waals surface area contributed by atoms with E-state index >= 15 is 0 Å². The summed E-state index contributed by atoms with van der Waals surface area (Å²) in [4.78, 5) is 12.2. The molecular formula is C16H17ClN2O3S. The first kappa shape index (κ1) is 17.5. The van der Waals surface area contributed by atoms with Crippen molar-refractivity contribution >= 4 is 33.2 Å². The van der Waals surface area contributed by atoms with Crippen LogP contribution in [0.1, 0.15) is 5.56 Å². The quantitative estimate of drug-likeness (QED) is 0.899. The average molecular weight is 353 g/mol. The largest absolute Gasteiger partial charge is 0.326 e. The number of benzene rings is 2. The lowest BCUT2D eigenvalue weighted by Crippen LogP contribution is -2.22. The number of nitrogens with zero attached hydrogens (tertiary/aromatic N) is 1. The summed E-state index contributed by atoms with van der Waals surface area (Å²) in [5, 5.41) is 3.26. The Morgan fingerprint density at radius 1 is 1.09 bits per heavy atom. The highest BCUT2D eigenvalue weighted by Crippen LogP contribution is 2.18. The van der Waals surface area contributed by atoms with Gasteiger partial charge in [-0.2, -0.15) is 0 Å². The Balaban J connectivity index is 2.07. The van der Waals surface area contributed by atoms with E-state index < -0.39 is 10.0 Å². The molecule has 0 unspecified atom stereocenters. The molecule has 0 aliphatic heterocycles. The number of hydrogen-bond acceptors (Lipinski definition) is 3. The van der Waals surface area contributed by atoms with Crippen LogP contribution in [0.2, 0.25) is 5.02 Å². The van der Waals surface area contributed by atoms with E-state index in [9.17, 15) is 13.2 Å². The number of halogens is 1. The van der Waals surface area contributed by atoms with Crippen molar-refractivity contribution in [2.45, 2.75) is 11.3 Å². The minimum absolute atomic E-state index is 0.150. The van der Waals surface area contributed by atoms with Crippen LogP contribution in [0.5, 0.6) is 0 Å². The third-order valence-corrected chi connectivity index (χ3v) is 5.42. The summed E-state index contributed by atoms with van der Waals surface area (Å²) in [5.41, 5.74) is 1.26. The van der Waals surface area contributed by atoms with Crippen molar-refractivity contribution in [3.8, 4) is 0 Å². The predicted octanol–water partition coefficient (Wildman–Crippen LogP) is 2.77. The number of nitrogens with one attached hydrogen (secondary N) is 1. The van der Waals surface area contributed by atoms with Gasteiger partial charge < -0.3 is 5.32 Å². The Bertz CT molecular complexity index is 802. The maximum atomic E-state index is 12.0. The van der Waals surface area contributed by atoms with Crippen LogP contribution < -0.4 is 5.32 Å². The molecule has 0 aliphatic rings.